The minimum absolute atomic E-state index is 0.0606. The molecule has 3 N–H and O–H groups in total. The molecule has 0 bridgehead atoms. The SMILES string of the molecule is Cc1ccc(NC(=O)c2cc3cc(Br)ccc3n2NC(=O)C(=O)Nc2ccc(F)cc2F)cc1C. The maximum atomic E-state index is 13.9. The zero-order chi connectivity index (χ0) is 25.3. The van der Waals surface area contributed by atoms with E-state index >= 15 is 0 Å². The highest BCUT2D eigenvalue weighted by atomic mass is 79.9. The molecule has 0 aliphatic heterocycles. The van der Waals surface area contributed by atoms with Crippen LogP contribution >= 0.6 is 15.9 Å². The fraction of sp³-hybridized carbons (Fsp3) is 0.0800. The maximum absolute atomic E-state index is 13.9. The second-order valence-electron chi connectivity index (χ2n) is 7.84. The molecule has 0 saturated carbocycles. The Kier molecular flexibility index (Phi) is 6.65. The summed E-state index contributed by atoms with van der Waals surface area (Å²) in [5, 5.41) is 5.50. The molecule has 0 saturated heterocycles. The molecule has 0 atom stereocenters. The minimum atomic E-state index is -1.20. The van der Waals surface area contributed by atoms with Crippen molar-refractivity contribution in [1.29, 1.82) is 0 Å². The number of hydrogen-bond donors (Lipinski definition) is 3. The molecule has 3 aromatic carbocycles. The van der Waals surface area contributed by atoms with Crippen LogP contribution in [0.15, 0.2) is 65.1 Å². The van der Waals surface area contributed by atoms with Crippen molar-refractivity contribution in [2.24, 2.45) is 0 Å². The van der Waals surface area contributed by atoms with Gasteiger partial charge in [-0.15, -0.1) is 0 Å². The van der Waals surface area contributed by atoms with Gasteiger partial charge in [-0.25, -0.2) is 13.5 Å². The summed E-state index contributed by atoms with van der Waals surface area (Å²) in [4.78, 5) is 38.2. The van der Waals surface area contributed by atoms with Crippen molar-refractivity contribution in [3.8, 4) is 0 Å². The lowest BCUT2D eigenvalue weighted by atomic mass is 10.1. The van der Waals surface area contributed by atoms with Crippen LogP contribution in [0, 0.1) is 25.5 Å². The highest BCUT2D eigenvalue weighted by Crippen LogP contribution is 2.24. The van der Waals surface area contributed by atoms with Gasteiger partial charge in [-0.2, -0.15) is 0 Å². The van der Waals surface area contributed by atoms with Crippen molar-refractivity contribution >= 4 is 55.9 Å². The Hall–Kier alpha value is -4.05. The molecule has 1 heterocycles. The predicted octanol–water partition coefficient (Wildman–Crippen LogP) is 5.26. The Morgan fingerprint density at radius 2 is 1.60 bits per heavy atom. The van der Waals surface area contributed by atoms with E-state index in [1.54, 1.807) is 30.3 Å². The van der Waals surface area contributed by atoms with E-state index in [1.165, 1.54) is 4.68 Å². The minimum Gasteiger partial charge on any atom is -0.321 e. The molecule has 0 radical (unpaired) electrons. The summed E-state index contributed by atoms with van der Waals surface area (Å²) in [5.41, 5.74) is 5.16. The molecular formula is C25H19BrF2N4O3. The third-order valence-electron chi connectivity index (χ3n) is 5.36. The number of nitrogens with one attached hydrogen (secondary N) is 3. The number of carbonyl (C=O) groups is 3. The molecule has 4 aromatic rings. The first-order chi connectivity index (χ1) is 16.6. The smallest absolute Gasteiger partial charge is 0.321 e. The van der Waals surface area contributed by atoms with Crippen LogP contribution in [-0.4, -0.2) is 22.4 Å². The number of benzene rings is 3. The number of halogens is 3. The monoisotopic (exact) mass is 540 g/mol. The first kappa shape index (κ1) is 24.1. The summed E-state index contributed by atoms with van der Waals surface area (Å²) in [7, 11) is 0. The fourth-order valence-corrected chi connectivity index (χ4v) is 3.79. The standard InChI is InChI=1S/C25H19BrF2N4O3/c1-13-3-6-18(9-14(13)2)29-23(33)22-11-15-10-16(26)4-8-21(15)32(22)31-25(35)24(34)30-20-7-5-17(27)12-19(20)28/h3-12H,1-2H3,(H,29,33)(H,30,34)(H,31,35). The third-order valence-corrected chi connectivity index (χ3v) is 5.85. The Labute approximate surface area is 207 Å². The van der Waals surface area contributed by atoms with Crippen LogP contribution in [0.4, 0.5) is 20.2 Å². The molecule has 7 nitrogen and oxygen atoms in total. The number of rotatable bonds is 4. The third kappa shape index (κ3) is 5.22. The molecule has 0 aliphatic rings. The van der Waals surface area contributed by atoms with Gasteiger partial charge in [0.15, 0.2) is 0 Å². The number of nitrogens with zero attached hydrogens (tertiary/aromatic N) is 1. The molecule has 0 aliphatic carbocycles. The molecule has 178 valence electrons. The maximum Gasteiger partial charge on any atom is 0.328 e. The second-order valence-corrected chi connectivity index (χ2v) is 8.76. The van der Waals surface area contributed by atoms with Crippen LogP contribution in [0.3, 0.4) is 0 Å². The van der Waals surface area contributed by atoms with E-state index in [0.29, 0.717) is 22.7 Å². The molecule has 0 fully saturated rings. The average molecular weight is 541 g/mol. The number of carbonyl (C=O) groups excluding carboxylic acids is 3. The van der Waals surface area contributed by atoms with E-state index in [4.69, 9.17) is 0 Å². The van der Waals surface area contributed by atoms with Gasteiger partial charge in [0.2, 0.25) is 0 Å². The van der Waals surface area contributed by atoms with E-state index < -0.39 is 29.4 Å². The molecule has 4 rings (SSSR count). The quantitative estimate of drug-likeness (QED) is 0.308. The molecule has 35 heavy (non-hydrogen) atoms. The zero-order valence-electron chi connectivity index (χ0n) is 18.6. The van der Waals surface area contributed by atoms with E-state index in [9.17, 15) is 23.2 Å². The number of aromatic nitrogens is 1. The van der Waals surface area contributed by atoms with Crippen LogP contribution in [0.2, 0.25) is 0 Å². The van der Waals surface area contributed by atoms with Gasteiger partial charge < -0.3 is 10.6 Å². The lowest BCUT2D eigenvalue weighted by Gasteiger charge is -2.13. The van der Waals surface area contributed by atoms with Crippen LogP contribution < -0.4 is 16.1 Å². The number of anilines is 2. The first-order valence-corrected chi connectivity index (χ1v) is 11.2. The van der Waals surface area contributed by atoms with Gasteiger partial charge >= 0.3 is 11.8 Å². The zero-order valence-corrected chi connectivity index (χ0v) is 20.2. The Balaban J connectivity index is 1.63. The summed E-state index contributed by atoms with van der Waals surface area (Å²) >= 11 is 3.37. The topological polar surface area (TPSA) is 92.2 Å². The van der Waals surface area contributed by atoms with Crippen LogP contribution in [0.5, 0.6) is 0 Å². The lowest BCUT2D eigenvalue weighted by Crippen LogP contribution is -2.36. The van der Waals surface area contributed by atoms with E-state index in [1.807, 2.05) is 26.0 Å². The molecule has 0 spiro atoms. The molecular weight excluding hydrogens is 522 g/mol. The molecule has 1 aromatic heterocycles. The fourth-order valence-electron chi connectivity index (χ4n) is 3.41. The van der Waals surface area contributed by atoms with Crippen molar-refractivity contribution in [3.63, 3.8) is 0 Å². The number of fused-ring (bicyclic) bond motifs is 1. The summed E-state index contributed by atoms with van der Waals surface area (Å²) in [6, 6.07) is 14.7. The Morgan fingerprint density at radius 1 is 0.829 bits per heavy atom. The number of aryl methyl sites for hydroxylation is 2. The van der Waals surface area contributed by atoms with Gasteiger partial charge in [-0.05, 0) is 73.5 Å². The van der Waals surface area contributed by atoms with E-state index in [-0.39, 0.29) is 11.4 Å². The van der Waals surface area contributed by atoms with Gasteiger partial charge in [-0.3, -0.25) is 19.8 Å². The van der Waals surface area contributed by atoms with Crippen molar-refractivity contribution in [2.75, 3.05) is 16.1 Å². The Morgan fingerprint density at radius 3 is 2.31 bits per heavy atom. The van der Waals surface area contributed by atoms with Crippen LogP contribution in [0.25, 0.3) is 10.9 Å². The largest absolute Gasteiger partial charge is 0.328 e. The van der Waals surface area contributed by atoms with Crippen molar-refractivity contribution < 1.29 is 23.2 Å². The number of amides is 3. The van der Waals surface area contributed by atoms with Gasteiger partial charge in [0.05, 0.1) is 11.2 Å². The van der Waals surface area contributed by atoms with Crippen molar-refractivity contribution in [3.05, 3.63) is 93.6 Å². The molecule has 3 amide bonds. The van der Waals surface area contributed by atoms with E-state index in [0.717, 1.165) is 27.7 Å². The van der Waals surface area contributed by atoms with Gasteiger partial charge in [-0.1, -0.05) is 22.0 Å². The molecule has 10 heteroatoms. The predicted molar refractivity (Wildman–Crippen MR) is 133 cm³/mol. The highest BCUT2D eigenvalue weighted by Gasteiger charge is 2.22. The average Bonchev–Trinajstić information content (AvgIpc) is 3.15. The summed E-state index contributed by atoms with van der Waals surface area (Å²) in [5.74, 6) is -4.74. The molecule has 0 unspecified atom stereocenters. The van der Waals surface area contributed by atoms with Crippen molar-refractivity contribution in [2.45, 2.75) is 13.8 Å². The number of hydrogen-bond acceptors (Lipinski definition) is 3. The Bertz CT molecular complexity index is 1500. The lowest BCUT2D eigenvalue weighted by molar-refractivity contribution is -0.133. The van der Waals surface area contributed by atoms with Gasteiger partial charge in [0.25, 0.3) is 5.91 Å². The van der Waals surface area contributed by atoms with Crippen LogP contribution in [0.1, 0.15) is 21.6 Å². The summed E-state index contributed by atoms with van der Waals surface area (Å²) < 4.78 is 28.9. The summed E-state index contributed by atoms with van der Waals surface area (Å²) in [6.07, 6.45) is 0. The first-order valence-electron chi connectivity index (χ1n) is 10.4. The van der Waals surface area contributed by atoms with Gasteiger partial charge in [0.1, 0.15) is 17.3 Å². The van der Waals surface area contributed by atoms with Crippen LogP contribution in [-0.2, 0) is 9.59 Å². The highest BCUT2D eigenvalue weighted by molar-refractivity contribution is 9.10. The van der Waals surface area contributed by atoms with E-state index in [2.05, 4.69) is 32.0 Å². The summed E-state index contributed by atoms with van der Waals surface area (Å²) in [6.45, 7) is 3.87. The van der Waals surface area contributed by atoms with Crippen molar-refractivity contribution in [1.82, 2.24) is 4.68 Å². The normalized spacial score (nSPS) is 10.8. The van der Waals surface area contributed by atoms with Gasteiger partial charge in [0, 0.05) is 21.6 Å². The second kappa shape index (κ2) is 9.67.